The van der Waals surface area contributed by atoms with Gasteiger partial charge < -0.3 is 24.7 Å². The fourth-order valence-electron chi connectivity index (χ4n) is 5.45. The second-order valence-corrected chi connectivity index (χ2v) is 13.9. The van der Waals surface area contributed by atoms with Crippen LogP contribution in [-0.4, -0.2) is 66.0 Å². The highest BCUT2D eigenvalue weighted by Gasteiger charge is 2.37. The van der Waals surface area contributed by atoms with Crippen LogP contribution in [0.25, 0.3) is 10.9 Å². The van der Waals surface area contributed by atoms with Crippen LogP contribution in [0.15, 0.2) is 66.7 Å². The van der Waals surface area contributed by atoms with Crippen molar-refractivity contribution in [2.24, 2.45) is 0 Å². The van der Waals surface area contributed by atoms with Crippen LogP contribution in [0.3, 0.4) is 0 Å². The molecule has 1 aromatic heterocycles. The molecule has 9 nitrogen and oxygen atoms in total. The number of aliphatic hydroxyl groups is 2. The van der Waals surface area contributed by atoms with Gasteiger partial charge in [0.15, 0.2) is 0 Å². The average Bonchev–Trinajstić information content (AvgIpc) is 3.80. The highest BCUT2D eigenvalue weighted by Crippen LogP contribution is 2.40. The number of aromatic nitrogens is 1. The number of rotatable bonds is 12. The largest absolute Gasteiger partial charge is 0.493 e. The number of ether oxygens (including phenoxy) is 2. The lowest BCUT2D eigenvalue weighted by Gasteiger charge is -2.38. The lowest BCUT2D eigenvalue weighted by Crippen LogP contribution is -2.46. The molecule has 1 aliphatic heterocycles. The molecule has 4 aromatic rings. The fraction of sp³-hybridized carbons (Fsp3) is 0.355. The van der Waals surface area contributed by atoms with E-state index in [0.717, 1.165) is 27.7 Å². The number of nitrogens with one attached hydrogen (secondary N) is 2. The van der Waals surface area contributed by atoms with E-state index in [1.807, 2.05) is 47.4 Å². The number of halogens is 2. The summed E-state index contributed by atoms with van der Waals surface area (Å²) in [6.07, 6.45) is 0.235. The van der Waals surface area contributed by atoms with Gasteiger partial charge in [-0.1, -0.05) is 35.3 Å². The Hall–Kier alpha value is -2.83. The fourth-order valence-corrected chi connectivity index (χ4v) is 7.16. The summed E-state index contributed by atoms with van der Waals surface area (Å²) in [4.78, 5) is 5.44. The average molecular weight is 647 g/mol. The lowest BCUT2D eigenvalue weighted by atomic mass is 9.92. The highest BCUT2D eigenvalue weighted by molar-refractivity contribution is 7.90. The van der Waals surface area contributed by atoms with E-state index in [1.54, 1.807) is 24.3 Å². The van der Waals surface area contributed by atoms with E-state index in [-0.39, 0.29) is 30.9 Å². The van der Waals surface area contributed by atoms with Gasteiger partial charge in [0.05, 0.1) is 24.0 Å². The molecular weight excluding hydrogens is 613 g/mol. The first kappa shape index (κ1) is 30.2. The van der Waals surface area contributed by atoms with Crippen LogP contribution in [-0.2, 0) is 16.4 Å². The molecule has 1 saturated carbocycles. The van der Waals surface area contributed by atoms with E-state index in [9.17, 15) is 18.6 Å². The van der Waals surface area contributed by atoms with Crippen LogP contribution in [0.4, 0.5) is 0 Å². The van der Waals surface area contributed by atoms with Gasteiger partial charge in [0.2, 0.25) is 10.0 Å². The summed E-state index contributed by atoms with van der Waals surface area (Å²) in [5.41, 5.74) is 3.98. The third-order valence-corrected chi connectivity index (χ3v) is 10.3. The van der Waals surface area contributed by atoms with Gasteiger partial charge in [0, 0.05) is 46.2 Å². The van der Waals surface area contributed by atoms with Crippen LogP contribution in [0.2, 0.25) is 10.0 Å². The van der Waals surface area contributed by atoms with Gasteiger partial charge in [-0.2, -0.15) is 0 Å². The SMILES string of the molecule is O=S(=O)(NCC(O)CCOc1ccc([C@H]2c3[nH]c4ccc(Cl)cc4c3CCN2C(O)Oc2ccc(Cl)cc2)cc1)C1CC1. The van der Waals surface area contributed by atoms with E-state index < -0.39 is 22.5 Å². The summed E-state index contributed by atoms with van der Waals surface area (Å²) in [5.74, 6) is 1.11. The minimum absolute atomic E-state index is 0.0306. The van der Waals surface area contributed by atoms with Crippen molar-refractivity contribution < 1.29 is 28.1 Å². The highest BCUT2D eigenvalue weighted by atomic mass is 35.5. The number of hydrogen-bond acceptors (Lipinski definition) is 7. The number of sulfonamides is 1. The summed E-state index contributed by atoms with van der Waals surface area (Å²) in [7, 11) is -3.33. The van der Waals surface area contributed by atoms with Crippen molar-refractivity contribution in [1.82, 2.24) is 14.6 Å². The first-order chi connectivity index (χ1) is 20.7. The minimum Gasteiger partial charge on any atom is -0.493 e. The summed E-state index contributed by atoms with van der Waals surface area (Å²) >= 11 is 12.3. The molecule has 0 amide bonds. The Kier molecular flexibility index (Phi) is 8.89. The maximum absolute atomic E-state index is 12.0. The molecule has 12 heteroatoms. The van der Waals surface area contributed by atoms with Crippen LogP contribution in [0, 0.1) is 0 Å². The smallest absolute Gasteiger partial charge is 0.260 e. The third kappa shape index (κ3) is 6.96. The molecule has 2 heterocycles. The molecule has 1 fully saturated rings. The maximum atomic E-state index is 12.0. The number of aliphatic hydroxyl groups excluding tert-OH is 2. The Morgan fingerprint density at radius 3 is 2.40 bits per heavy atom. The van der Waals surface area contributed by atoms with Crippen molar-refractivity contribution in [1.29, 1.82) is 0 Å². The minimum atomic E-state index is -3.33. The first-order valence-corrected chi connectivity index (χ1v) is 16.5. The van der Waals surface area contributed by atoms with Gasteiger partial charge >= 0.3 is 0 Å². The molecule has 1 aliphatic carbocycles. The molecule has 0 radical (unpaired) electrons. The van der Waals surface area contributed by atoms with Crippen molar-refractivity contribution in [2.75, 3.05) is 19.7 Å². The Bertz CT molecular complexity index is 1680. The predicted octanol–water partition coefficient (Wildman–Crippen LogP) is 4.99. The van der Waals surface area contributed by atoms with Gasteiger partial charge in [-0.25, -0.2) is 18.0 Å². The number of hydrogen-bond donors (Lipinski definition) is 4. The molecule has 2 unspecified atom stereocenters. The Labute approximate surface area is 260 Å². The van der Waals surface area contributed by atoms with Gasteiger partial charge in [0.1, 0.15) is 11.5 Å². The predicted molar refractivity (Wildman–Crippen MR) is 166 cm³/mol. The van der Waals surface area contributed by atoms with Gasteiger partial charge in [-0.3, -0.25) is 0 Å². The maximum Gasteiger partial charge on any atom is 0.260 e. The van der Waals surface area contributed by atoms with Gasteiger partial charge in [0.25, 0.3) is 6.41 Å². The van der Waals surface area contributed by atoms with E-state index in [2.05, 4.69) is 9.71 Å². The van der Waals surface area contributed by atoms with Crippen molar-refractivity contribution in [3.8, 4) is 11.5 Å². The topological polar surface area (TPSA) is 124 Å². The molecular formula is C31H33Cl2N3O6S. The van der Waals surface area contributed by atoms with Crippen LogP contribution < -0.4 is 14.2 Å². The number of aromatic amines is 1. The second-order valence-electron chi connectivity index (χ2n) is 10.9. The van der Waals surface area contributed by atoms with Crippen LogP contribution in [0.5, 0.6) is 11.5 Å². The molecule has 0 spiro atoms. The summed E-state index contributed by atoms with van der Waals surface area (Å²) in [6.45, 7) is 0.728. The zero-order valence-electron chi connectivity index (χ0n) is 23.2. The number of benzene rings is 3. The third-order valence-electron chi connectivity index (χ3n) is 7.86. The zero-order chi connectivity index (χ0) is 30.1. The Morgan fingerprint density at radius 1 is 0.977 bits per heavy atom. The lowest BCUT2D eigenvalue weighted by molar-refractivity contribution is -0.150. The molecule has 0 bridgehead atoms. The molecule has 3 aromatic carbocycles. The Morgan fingerprint density at radius 2 is 1.67 bits per heavy atom. The van der Waals surface area contributed by atoms with Crippen LogP contribution in [0.1, 0.15) is 42.1 Å². The van der Waals surface area contributed by atoms with Crippen LogP contribution >= 0.6 is 23.2 Å². The van der Waals surface area contributed by atoms with E-state index in [0.29, 0.717) is 47.4 Å². The second kappa shape index (κ2) is 12.6. The standard InChI is InChI=1S/C31H33Cl2N3O6S/c32-20-3-8-24(9-4-20)42-31(38)36-15-13-26-27-17-21(33)5-12-28(27)35-29(26)30(36)19-1-6-23(7-2-19)41-16-14-22(37)18-34-43(39,40)25-10-11-25/h1-9,12,17,22,25,30-31,34-35,37-38H,10-11,13-16,18H2/t22?,30-,31?/m0/s1. The summed E-state index contributed by atoms with van der Waals surface area (Å²) < 4.78 is 38.2. The molecule has 6 rings (SSSR count). The molecule has 4 N–H and O–H groups in total. The van der Waals surface area contributed by atoms with E-state index >= 15 is 0 Å². The number of nitrogens with zero attached hydrogens (tertiary/aromatic N) is 1. The van der Waals surface area contributed by atoms with Gasteiger partial charge in [-0.05, 0) is 85.0 Å². The summed E-state index contributed by atoms with van der Waals surface area (Å²) in [5, 5.41) is 23.4. The molecule has 3 atom stereocenters. The molecule has 2 aliphatic rings. The van der Waals surface area contributed by atoms with E-state index in [4.69, 9.17) is 32.7 Å². The molecule has 0 saturated heterocycles. The normalized spacial score (nSPS) is 18.7. The number of fused-ring (bicyclic) bond motifs is 3. The van der Waals surface area contributed by atoms with Crippen molar-refractivity contribution in [3.63, 3.8) is 0 Å². The van der Waals surface area contributed by atoms with Crippen molar-refractivity contribution in [2.45, 2.75) is 49.5 Å². The first-order valence-electron chi connectivity index (χ1n) is 14.2. The number of H-pyrrole nitrogens is 1. The van der Waals surface area contributed by atoms with Crippen molar-refractivity contribution >= 4 is 44.1 Å². The Balaban J connectivity index is 1.18. The zero-order valence-corrected chi connectivity index (χ0v) is 25.6. The monoisotopic (exact) mass is 645 g/mol. The molecule has 43 heavy (non-hydrogen) atoms. The van der Waals surface area contributed by atoms with E-state index in [1.165, 1.54) is 0 Å². The molecule has 228 valence electrons. The quantitative estimate of drug-likeness (QED) is 0.160. The van der Waals surface area contributed by atoms with Crippen molar-refractivity contribution in [3.05, 3.63) is 93.6 Å². The van der Waals surface area contributed by atoms with Gasteiger partial charge in [-0.15, -0.1) is 0 Å². The summed E-state index contributed by atoms with van der Waals surface area (Å²) in [6, 6.07) is 19.8.